The van der Waals surface area contributed by atoms with Crippen molar-refractivity contribution < 1.29 is 18.6 Å². The van der Waals surface area contributed by atoms with Crippen LogP contribution in [0.4, 0.5) is 0 Å². The van der Waals surface area contributed by atoms with Crippen LogP contribution in [0.5, 0.6) is 0 Å². The first-order valence-electron chi connectivity index (χ1n) is 8.05. The smallest absolute Gasteiger partial charge is 0 e. The van der Waals surface area contributed by atoms with Crippen molar-refractivity contribution in [2.24, 2.45) is 0 Å². The molecule has 115 valence electrons. The van der Waals surface area contributed by atoms with Gasteiger partial charge in [0.15, 0.2) is 0 Å². The van der Waals surface area contributed by atoms with E-state index in [4.69, 9.17) is 0 Å². The van der Waals surface area contributed by atoms with Crippen LogP contribution in [0.2, 0.25) is 0 Å². The Kier molecular flexibility index (Phi) is 5.52. The third-order valence-corrected chi connectivity index (χ3v) is 4.15. The standard InChI is InChI=1S/C20H16.C2H6.V/c1-13-7-9-17-15-5-3-4-6-16(15)19-11-14(2)8-10-18(19)20(17)12-13;1-2;/h3-12H,1-2H3;1-2H3;. The van der Waals surface area contributed by atoms with Gasteiger partial charge in [-0.3, -0.25) is 0 Å². The van der Waals surface area contributed by atoms with Crippen molar-refractivity contribution in [1.82, 2.24) is 0 Å². The van der Waals surface area contributed by atoms with Gasteiger partial charge in [0.2, 0.25) is 0 Å². The summed E-state index contributed by atoms with van der Waals surface area (Å²) in [5.74, 6) is 0. The van der Waals surface area contributed by atoms with Crippen LogP contribution >= 0.6 is 0 Å². The van der Waals surface area contributed by atoms with E-state index < -0.39 is 0 Å². The minimum Gasteiger partial charge on any atom is -0.0683 e. The number of benzene rings is 4. The fourth-order valence-corrected chi connectivity index (χ4v) is 3.18. The summed E-state index contributed by atoms with van der Waals surface area (Å²) in [6.07, 6.45) is 0. The minimum absolute atomic E-state index is 0. The van der Waals surface area contributed by atoms with E-state index in [1.54, 1.807) is 0 Å². The van der Waals surface area contributed by atoms with E-state index in [1.165, 1.54) is 43.4 Å². The molecule has 0 aliphatic heterocycles. The van der Waals surface area contributed by atoms with Gasteiger partial charge < -0.3 is 0 Å². The van der Waals surface area contributed by atoms with Crippen molar-refractivity contribution in [3.63, 3.8) is 0 Å². The molecule has 0 aromatic heterocycles. The van der Waals surface area contributed by atoms with Crippen molar-refractivity contribution >= 4 is 32.3 Å². The van der Waals surface area contributed by atoms with Gasteiger partial charge in [0, 0.05) is 18.6 Å². The molecular formula is C22H22V. The van der Waals surface area contributed by atoms with E-state index in [9.17, 15) is 0 Å². The van der Waals surface area contributed by atoms with Crippen LogP contribution in [0.25, 0.3) is 32.3 Å². The van der Waals surface area contributed by atoms with E-state index in [0.29, 0.717) is 0 Å². The van der Waals surface area contributed by atoms with Crippen LogP contribution in [-0.2, 0) is 18.6 Å². The number of rotatable bonds is 0. The summed E-state index contributed by atoms with van der Waals surface area (Å²) in [4.78, 5) is 0. The normalized spacial score (nSPS) is 10.3. The van der Waals surface area contributed by atoms with Crippen LogP contribution in [0.3, 0.4) is 0 Å². The summed E-state index contributed by atoms with van der Waals surface area (Å²) in [6, 6.07) is 22.3. The Morgan fingerprint density at radius 1 is 0.478 bits per heavy atom. The molecule has 0 nitrogen and oxygen atoms in total. The zero-order valence-electron chi connectivity index (χ0n) is 14.2. The molecule has 0 spiro atoms. The minimum atomic E-state index is 0. The molecule has 0 saturated heterocycles. The molecule has 1 heteroatoms. The fraction of sp³-hybridized carbons (Fsp3) is 0.182. The molecule has 1 radical (unpaired) electrons. The van der Waals surface area contributed by atoms with Crippen molar-refractivity contribution in [3.05, 3.63) is 71.8 Å². The zero-order chi connectivity index (χ0) is 15.7. The maximum Gasteiger partial charge on any atom is 0 e. The Morgan fingerprint density at radius 2 is 0.826 bits per heavy atom. The predicted molar refractivity (Wildman–Crippen MR) is 99.8 cm³/mol. The number of fused-ring (bicyclic) bond motifs is 6. The Bertz CT molecular complexity index is 929. The maximum absolute atomic E-state index is 2.30. The van der Waals surface area contributed by atoms with Crippen LogP contribution < -0.4 is 0 Å². The molecule has 0 aliphatic rings. The van der Waals surface area contributed by atoms with Gasteiger partial charge in [0.05, 0.1) is 0 Å². The van der Waals surface area contributed by atoms with Gasteiger partial charge in [-0.25, -0.2) is 0 Å². The predicted octanol–water partition coefficient (Wildman–Crippen LogP) is 6.79. The van der Waals surface area contributed by atoms with E-state index in [2.05, 4.69) is 74.5 Å². The molecule has 0 heterocycles. The third-order valence-electron chi connectivity index (χ3n) is 4.15. The van der Waals surface area contributed by atoms with Crippen LogP contribution in [0, 0.1) is 13.8 Å². The van der Waals surface area contributed by atoms with Crippen LogP contribution in [0.1, 0.15) is 25.0 Å². The SMILES string of the molecule is CC.Cc1ccc2c(c1)c1ccccc1c1ccc(C)cc12.[V]. The topological polar surface area (TPSA) is 0 Å². The van der Waals surface area contributed by atoms with Crippen LogP contribution in [-0.4, -0.2) is 0 Å². The molecule has 0 bridgehead atoms. The number of aryl methyl sites for hydroxylation is 2. The Balaban J connectivity index is 0.000000617. The largest absolute Gasteiger partial charge is 0.0683 e. The fourth-order valence-electron chi connectivity index (χ4n) is 3.18. The quantitative estimate of drug-likeness (QED) is 0.310. The maximum atomic E-state index is 2.30. The summed E-state index contributed by atoms with van der Waals surface area (Å²) >= 11 is 0. The molecule has 0 unspecified atom stereocenters. The molecule has 0 atom stereocenters. The first-order chi connectivity index (χ1) is 10.7. The van der Waals surface area contributed by atoms with Gasteiger partial charge in [0.25, 0.3) is 0 Å². The van der Waals surface area contributed by atoms with Gasteiger partial charge in [-0.15, -0.1) is 0 Å². The first-order valence-corrected chi connectivity index (χ1v) is 8.05. The van der Waals surface area contributed by atoms with Crippen molar-refractivity contribution in [2.45, 2.75) is 27.7 Å². The average molecular weight is 337 g/mol. The monoisotopic (exact) mass is 337 g/mol. The van der Waals surface area contributed by atoms with E-state index in [0.717, 1.165) is 0 Å². The molecule has 4 aromatic carbocycles. The Hall–Kier alpha value is -1.76. The van der Waals surface area contributed by atoms with Gasteiger partial charge in [-0.05, 0) is 46.2 Å². The molecular weight excluding hydrogens is 315 g/mol. The molecule has 0 saturated carbocycles. The number of hydrogen-bond acceptors (Lipinski definition) is 0. The third kappa shape index (κ3) is 3.02. The molecule has 0 amide bonds. The number of hydrogen-bond donors (Lipinski definition) is 0. The van der Waals surface area contributed by atoms with E-state index in [-0.39, 0.29) is 18.6 Å². The molecule has 0 aliphatic carbocycles. The zero-order valence-corrected chi connectivity index (χ0v) is 15.6. The molecule has 4 aromatic rings. The van der Waals surface area contributed by atoms with Gasteiger partial charge in [-0.2, -0.15) is 0 Å². The van der Waals surface area contributed by atoms with Gasteiger partial charge >= 0.3 is 0 Å². The Labute approximate surface area is 150 Å². The summed E-state index contributed by atoms with van der Waals surface area (Å²) in [7, 11) is 0. The Morgan fingerprint density at radius 3 is 1.30 bits per heavy atom. The molecule has 4 rings (SSSR count). The van der Waals surface area contributed by atoms with Gasteiger partial charge in [0.1, 0.15) is 0 Å². The van der Waals surface area contributed by atoms with Gasteiger partial charge in [-0.1, -0.05) is 85.6 Å². The second-order valence-electron chi connectivity index (χ2n) is 5.64. The van der Waals surface area contributed by atoms with E-state index >= 15 is 0 Å². The summed E-state index contributed by atoms with van der Waals surface area (Å²) in [6.45, 7) is 8.32. The summed E-state index contributed by atoms with van der Waals surface area (Å²) in [5.41, 5.74) is 2.63. The van der Waals surface area contributed by atoms with E-state index in [1.807, 2.05) is 13.8 Å². The van der Waals surface area contributed by atoms with Crippen LogP contribution in [0.15, 0.2) is 60.7 Å². The first kappa shape index (κ1) is 17.6. The summed E-state index contributed by atoms with van der Waals surface area (Å²) in [5, 5.41) is 8.12. The molecule has 0 fully saturated rings. The average Bonchev–Trinajstić information content (AvgIpc) is 2.56. The van der Waals surface area contributed by atoms with Crippen molar-refractivity contribution in [3.8, 4) is 0 Å². The molecule has 0 N–H and O–H groups in total. The summed E-state index contributed by atoms with van der Waals surface area (Å²) < 4.78 is 0. The second kappa shape index (κ2) is 7.21. The molecule has 23 heavy (non-hydrogen) atoms. The second-order valence-corrected chi connectivity index (χ2v) is 5.64. The van der Waals surface area contributed by atoms with Crippen molar-refractivity contribution in [1.29, 1.82) is 0 Å². The van der Waals surface area contributed by atoms with Crippen molar-refractivity contribution in [2.75, 3.05) is 0 Å².